The molecular formula is C12H22OSi2. The summed E-state index contributed by atoms with van der Waals surface area (Å²) in [5.74, 6) is 0. The van der Waals surface area contributed by atoms with Crippen LogP contribution in [0, 0.1) is 0 Å². The summed E-state index contributed by atoms with van der Waals surface area (Å²) in [6.45, 7) is 20.0. The Kier molecular flexibility index (Phi) is 5.21. The van der Waals surface area contributed by atoms with E-state index in [1.54, 1.807) is 0 Å². The molecule has 0 unspecified atom stereocenters. The highest BCUT2D eigenvalue weighted by atomic mass is 28.4. The molecule has 0 saturated carbocycles. The van der Waals surface area contributed by atoms with Gasteiger partial charge in [-0.1, -0.05) is 28.4 Å². The van der Waals surface area contributed by atoms with E-state index in [0.717, 1.165) is 0 Å². The van der Waals surface area contributed by atoms with E-state index in [9.17, 15) is 0 Å². The predicted octanol–water partition coefficient (Wildman–Crippen LogP) is 3.83. The second kappa shape index (κ2) is 5.44. The highest BCUT2D eigenvalue weighted by Gasteiger charge is 2.36. The van der Waals surface area contributed by atoms with E-state index in [1.165, 1.54) is 5.20 Å². The second-order valence-corrected chi connectivity index (χ2v) is 11.7. The lowest BCUT2D eigenvalue weighted by Gasteiger charge is -2.33. The quantitative estimate of drug-likeness (QED) is 0.639. The Balaban J connectivity index is 5.22. The van der Waals surface area contributed by atoms with Crippen LogP contribution in [0.5, 0.6) is 0 Å². The normalized spacial score (nSPS) is 13.5. The van der Waals surface area contributed by atoms with Gasteiger partial charge in [-0.15, -0.1) is 19.7 Å². The minimum absolute atomic E-state index is 1.25. The molecule has 0 radical (unpaired) electrons. The molecule has 0 heterocycles. The third-order valence-corrected chi connectivity index (χ3v) is 9.75. The fourth-order valence-electron chi connectivity index (χ4n) is 1.27. The SMILES string of the molecule is C=C[Si](C)(C)O[Si](C=C)(C=C)/C(C)=C/C. The minimum atomic E-state index is -2.12. The molecule has 1 nitrogen and oxygen atoms in total. The van der Waals surface area contributed by atoms with Gasteiger partial charge in [0.1, 0.15) is 0 Å². The summed E-state index contributed by atoms with van der Waals surface area (Å²) < 4.78 is 6.28. The standard InChI is InChI=1S/C12H22OSi2/c1-8-12(5)15(10-3,11-4)13-14(6,7)9-2/h8-11H,2-4H2,1,5-7H3/b12-8+. The van der Waals surface area contributed by atoms with Crippen molar-refractivity contribution in [2.75, 3.05) is 0 Å². The summed E-state index contributed by atoms with van der Waals surface area (Å²) in [5, 5.41) is 1.25. The van der Waals surface area contributed by atoms with Crippen LogP contribution in [0.3, 0.4) is 0 Å². The first-order valence-electron chi connectivity index (χ1n) is 5.12. The van der Waals surface area contributed by atoms with Gasteiger partial charge in [-0.2, -0.15) is 0 Å². The van der Waals surface area contributed by atoms with Gasteiger partial charge < -0.3 is 4.12 Å². The van der Waals surface area contributed by atoms with Gasteiger partial charge >= 0.3 is 0 Å². The van der Waals surface area contributed by atoms with Gasteiger partial charge in [0.2, 0.25) is 0 Å². The van der Waals surface area contributed by atoms with Crippen molar-refractivity contribution in [2.24, 2.45) is 0 Å². The van der Waals surface area contributed by atoms with Gasteiger partial charge in [-0.05, 0) is 26.9 Å². The monoisotopic (exact) mass is 238 g/mol. The zero-order valence-corrected chi connectivity index (χ0v) is 12.3. The van der Waals surface area contributed by atoms with E-state index in [0.29, 0.717) is 0 Å². The zero-order valence-electron chi connectivity index (χ0n) is 10.3. The molecule has 0 aromatic rings. The van der Waals surface area contributed by atoms with Gasteiger partial charge in [0.15, 0.2) is 8.32 Å². The van der Waals surface area contributed by atoms with E-state index < -0.39 is 16.6 Å². The van der Waals surface area contributed by atoms with E-state index in [2.05, 4.69) is 45.8 Å². The fourth-order valence-corrected chi connectivity index (χ4v) is 7.66. The zero-order chi connectivity index (χ0) is 12.1. The summed E-state index contributed by atoms with van der Waals surface area (Å²) in [4.78, 5) is 0. The second-order valence-electron chi connectivity index (χ2n) is 4.08. The average molecular weight is 238 g/mol. The Labute approximate surface area is 96.1 Å². The highest BCUT2D eigenvalue weighted by molar-refractivity contribution is 6.97. The number of allylic oxidation sites excluding steroid dienone is 2. The molecule has 0 spiro atoms. The van der Waals surface area contributed by atoms with Crippen LogP contribution >= 0.6 is 0 Å². The van der Waals surface area contributed by atoms with Crippen molar-refractivity contribution in [3.05, 3.63) is 48.1 Å². The van der Waals surface area contributed by atoms with Crippen LogP contribution in [0.4, 0.5) is 0 Å². The molecule has 0 bridgehead atoms. The predicted molar refractivity (Wildman–Crippen MR) is 74.3 cm³/mol. The molecule has 0 amide bonds. The molecule has 0 aromatic carbocycles. The van der Waals surface area contributed by atoms with Crippen molar-refractivity contribution in [1.82, 2.24) is 0 Å². The first-order valence-corrected chi connectivity index (χ1v) is 10.2. The molecule has 3 heteroatoms. The molecule has 15 heavy (non-hydrogen) atoms. The third-order valence-electron chi connectivity index (χ3n) is 2.58. The lowest BCUT2D eigenvalue weighted by atomic mass is 10.6. The summed E-state index contributed by atoms with van der Waals surface area (Å²) >= 11 is 0. The van der Waals surface area contributed by atoms with Gasteiger partial charge in [-0.3, -0.25) is 0 Å². The molecule has 0 aliphatic carbocycles. The molecular weight excluding hydrogens is 216 g/mol. The molecule has 0 rings (SSSR count). The highest BCUT2D eigenvalue weighted by Crippen LogP contribution is 2.24. The minimum Gasteiger partial charge on any atom is -0.443 e. The summed E-state index contributed by atoms with van der Waals surface area (Å²) in [6, 6.07) is 0. The van der Waals surface area contributed by atoms with E-state index in [4.69, 9.17) is 4.12 Å². The van der Waals surface area contributed by atoms with E-state index in [-0.39, 0.29) is 0 Å². The summed E-state index contributed by atoms with van der Waals surface area (Å²) in [6.07, 6.45) is 2.09. The smallest absolute Gasteiger partial charge is 0.257 e. The average Bonchev–Trinajstić information content (AvgIpc) is 2.25. The molecule has 0 atom stereocenters. The van der Waals surface area contributed by atoms with Gasteiger partial charge in [0, 0.05) is 0 Å². The van der Waals surface area contributed by atoms with Gasteiger partial charge in [0.25, 0.3) is 8.32 Å². The molecule has 84 valence electrons. The lowest BCUT2D eigenvalue weighted by molar-refractivity contribution is 0.578. The van der Waals surface area contributed by atoms with Crippen molar-refractivity contribution in [2.45, 2.75) is 26.9 Å². The molecule has 0 aliphatic rings. The molecule has 0 aromatic heterocycles. The summed E-state index contributed by atoms with van der Waals surface area (Å²) in [5.41, 5.74) is 5.83. The van der Waals surface area contributed by atoms with Crippen LogP contribution in [0.1, 0.15) is 13.8 Å². The molecule has 0 fully saturated rings. The Morgan fingerprint density at radius 3 is 1.80 bits per heavy atom. The van der Waals surface area contributed by atoms with Crippen LogP contribution in [0.25, 0.3) is 0 Å². The van der Waals surface area contributed by atoms with E-state index >= 15 is 0 Å². The Morgan fingerprint density at radius 1 is 1.07 bits per heavy atom. The Morgan fingerprint density at radius 2 is 1.53 bits per heavy atom. The van der Waals surface area contributed by atoms with Crippen LogP contribution in [0.2, 0.25) is 13.1 Å². The van der Waals surface area contributed by atoms with Crippen LogP contribution in [0.15, 0.2) is 48.1 Å². The van der Waals surface area contributed by atoms with Crippen LogP contribution in [-0.2, 0) is 4.12 Å². The van der Waals surface area contributed by atoms with Crippen molar-refractivity contribution in [3.63, 3.8) is 0 Å². The molecule has 0 aliphatic heterocycles. The first-order chi connectivity index (χ1) is 6.87. The van der Waals surface area contributed by atoms with E-state index in [1.807, 2.05) is 24.0 Å². The fraction of sp³-hybridized carbons (Fsp3) is 0.333. The number of hydrogen-bond acceptors (Lipinski definition) is 1. The third kappa shape index (κ3) is 3.44. The van der Waals surface area contributed by atoms with Crippen LogP contribution in [-0.4, -0.2) is 16.6 Å². The summed E-state index contributed by atoms with van der Waals surface area (Å²) in [7, 11) is -3.92. The van der Waals surface area contributed by atoms with Gasteiger partial charge in [0.05, 0.1) is 0 Å². The first kappa shape index (κ1) is 14.4. The molecule has 0 N–H and O–H groups in total. The maximum absolute atomic E-state index is 6.28. The Hall–Kier alpha value is -0.646. The van der Waals surface area contributed by atoms with Crippen molar-refractivity contribution in [1.29, 1.82) is 0 Å². The maximum atomic E-state index is 6.28. The van der Waals surface area contributed by atoms with Crippen molar-refractivity contribution < 1.29 is 4.12 Å². The van der Waals surface area contributed by atoms with Gasteiger partial charge in [-0.25, -0.2) is 0 Å². The number of rotatable bonds is 6. The Bertz CT molecular complexity index is 282. The number of hydrogen-bond donors (Lipinski definition) is 0. The molecule has 0 saturated heterocycles. The maximum Gasteiger partial charge on any atom is 0.257 e. The largest absolute Gasteiger partial charge is 0.443 e. The lowest BCUT2D eigenvalue weighted by Crippen LogP contribution is -2.46. The van der Waals surface area contributed by atoms with Crippen molar-refractivity contribution in [3.8, 4) is 0 Å². The van der Waals surface area contributed by atoms with Crippen molar-refractivity contribution >= 4 is 16.6 Å². The van der Waals surface area contributed by atoms with Crippen LogP contribution < -0.4 is 0 Å². The topological polar surface area (TPSA) is 9.23 Å².